The van der Waals surface area contributed by atoms with Gasteiger partial charge in [0.1, 0.15) is 0 Å². The van der Waals surface area contributed by atoms with Crippen LogP contribution in [0.15, 0.2) is 212 Å². The second kappa shape index (κ2) is 13.1. The fraction of sp³-hybridized carbons (Fsp3) is 0.0492. The Morgan fingerprint density at radius 2 is 0.758 bits per heavy atom. The molecule has 0 saturated carbocycles. The van der Waals surface area contributed by atoms with Gasteiger partial charge in [0, 0.05) is 22.5 Å². The van der Waals surface area contributed by atoms with Crippen LogP contribution >= 0.6 is 0 Å². The summed E-state index contributed by atoms with van der Waals surface area (Å²) in [5.41, 5.74) is 13.5. The minimum absolute atomic E-state index is 0.133. The lowest BCUT2D eigenvalue weighted by molar-refractivity contribution is 0.660. The highest BCUT2D eigenvalue weighted by Crippen LogP contribution is 2.52. The van der Waals surface area contributed by atoms with Gasteiger partial charge in [0.2, 0.25) is 0 Å². The van der Waals surface area contributed by atoms with Crippen LogP contribution in [-0.4, -0.2) is 0 Å². The van der Waals surface area contributed by atoms with Gasteiger partial charge in [0.25, 0.3) is 0 Å². The van der Waals surface area contributed by atoms with E-state index in [2.05, 4.69) is 231 Å². The summed E-state index contributed by atoms with van der Waals surface area (Å²) >= 11 is 0. The van der Waals surface area contributed by atoms with Crippen LogP contribution in [0, 0.1) is 0 Å². The third kappa shape index (κ3) is 5.09. The van der Waals surface area contributed by atoms with Crippen molar-refractivity contribution in [3.8, 4) is 33.4 Å². The second-order valence-corrected chi connectivity index (χ2v) is 17.7. The maximum absolute atomic E-state index is 2.49. The first-order chi connectivity index (χ1) is 30.5. The molecule has 1 aliphatic rings. The molecule has 1 heteroatoms. The van der Waals surface area contributed by atoms with Gasteiger partial charge in [-0.05, 0) is 146 Å². The molecular weight excluding hydrogens is 747 g/mol. The summed E-state index contributed by atoms with van der Waals surface area (Å²) in [6.07, 6.45) is 0. The molecule has 0 amide bonds. The molecule has 0 spiro atoms. The van der Waals surface area contributed by atoms with Crippen molar-refractivity contribution < 1.29 is 0 Å². The van der Waals surface area contributed by atoms with Gasteiger partial charge in [0.05, 0.1) is 0 Å². The standard InChI is InChI=1S/C61H41N/c1-61(2)55-20-7-6-16-49(55)50-34-33-47(37-56(50)61)62(46-31-29-41(30-32-46)40-23-21-39(22-24-40)38-11-4-3-5-12-38)48-35-45-28-27-44-14-9-18-52-51-17-8-13-42-25-26-43-15-10-19-53(59(43)57(42)51)54(36-48)60(45)58(44)52/h3-37H,1-2H3. The zero-order valence-electron chi connectivity index (χ0n) is 34.7. The molecule has 1 nitrogen and oxygen atoms in total. The predicted octanol–water partition coefficient (Wildman–Crippen LogP) is 17.2. The van der Waals surface area contributed by atoms with Crippen LogP contribution in [0.3, 0.4) is 0 Å². The highest BCUT2D eigenvalue weighted by atomic mass is 15.1. The van der Waals surface area contributed by atoms with Gasteiger partial charge in [-0.2, -0.15) is 0 Å². The first kappa shape index (κ1) is 35.1. The minimum Gasteiger partial charge on any atom is -0.310 e. The summed E-state index contributed by atoms with van der Waals surface area (Å²) < 4.78 is 0. The van der Waals surface area contributed by atoms with E-state index in [1.165, 1.54) is 109 Å². The lowest BCUT2D eigenvalue weighted by Crippen LogP contribution is -2.16. The zero-order chi connectivity index (χ0) is 41.1. The second-order valence-electron chi connectivity index (χ2n) is 17.7. The van der Waals surface area contributed by atoms with E-state index in [1.807, 2.05) is 0 Å². The lowest BCUT2D eigenvalue weighted by atomic mass is 9.82. The smallest absolute Gasteiger partial charge is 0.0474 e. The molecule has 0 N–H and O–H groups in total. The molecule has 0 unspecified atom stereocenters. The molecule has 0 fully saturated rings. The lowest BCUT2D eigenvalue weighted by Gasteiger charge is -2.29. The van der Waals surface area contributed by atoms with Crippen LogP contribution in [0.25, 0.3) is 98.0 Å². The highest BCUT2D eigenvalue weighted by Gasteiger charge is 2.36. The van der Waals surface area contributed by atoms with Gasteiger partial charge < -0.3 is 4.90 Å². The van der Waals surface area contributed by atoms with E-state index in [-0.39, 0.29) is 5.41 Å². The Balaban J connectivity index is 1.07. The Morgan fingerprint density at radius 1 is 0.290 bits per heavy atom. The molecule has 0 bridgehead atoms. The van der Waals surface area contributed by atoms with E-state index < -0.39 is 0 Å². The van der Waals surface area contributed by atoms with Gasteiger partial charge in [-0.1, -0.05) is 190 Å². The van der Waals surface area contributed by atoms with Crippen molar-refractivity contribution in [3.63, 3.8) is 0 Å². The molecule has 12 aromatic rings. The molecule has 0 saturated heterocycles. The van der Waals surface area contributed by atoms with Crippen LogP contribution in [-0.2, 0) is 5.41 Å². The molecule has 62 heavy (non-hydrogen) atoms. The number of rotatable bonds is 5. The van der Waals surface area contributed by atoms with Crippen LogP contribution in [0.5, 0.6) is 0 Å². The Labute approximate surface area is 361 Å². The monoisotopic (exact) mass is 787 g/mol. The molecule has 0 aliphatic heterocycles. The Kier molecular flexibility index (Phi) is 7.42. The number of fused-ring (bicyclic) bond motifs is 5. The van der Waals surface area contributed by atoms with Crippen molar-refractivity contribution in [2.24, 2.45) is 0 Å². The molecule has 0 radical (unpaired) electrons. The van der Waals surface area contributed by atoms with Crippen molar-refractivity contribution >= 4 is 81.7 Å². The average Bonchev–Trinajstić information content (AvgIpc) is 3.55. The number of hydrogen-bond donors (Lipinski definition) is 0. The van der Waals surface area contributed by atoms with Gasteiger partial charge in [-0.15, -0.1) is 0 Å². The van der Waals surface area contributed by atoms with E-state index in [4.69, 9.17) is 0 Å². The van der Waals surface area contributed by atoms with Gasteiger partial charge in [0.15, 0.2) is 0 Å². The molecule has 0 atom stereocenters. The van der Waals surface area contributed by atoms with Crippen LogP contribution in [0.1, 0.15) is 25.0 Å². The first-order valence-corrected chi connectivity index (χ1v) is 21.7. The normalized spacial score (nSPS) is 13.1. The maximum Gasteiger partial charge on any atom is 0.0474 e. The van der Waals surface area contributed by atoms with E-state index >= 15 is 0 Å². The van der Waals surface area contributed by atoms with E-state index in [9.17, 15) is 0 Å². The van der Waals surface area contributed by atoms with E-state index in [1.54, 1.807) is 0 Å². The number of nitrogens with zero attached hydrogens (tertiary/aromatic N) is 1. The molecule has 290 valence electrons. The predicted molar refractivity (Wildman–Crippen MR) is 266 cm³/mol. The van der Waals surface area contributed by atoms with Crippen LogP contribution < -0.4 is 4.90 Å². The topological polar surface area (TPSA) is 3.24 Å². The highest BCUT2D eigenvalue weighted by molar-refractivity contribution is 6.37. The molecular formula is C61H41N. The van der Waals surface area contributed by atoms with E-state index in [0.29, 0.717) is 0 Å². The minimum atomic E-state index is -0.133. The van der Waals surface area contributed by atoms with Crippen molar-refractivity contribution in [1.82, 2.24) is 0 Å². The van der Waals surface area contributed by atoms with Gasteiger partial charge in [-0.3, -0.25) is 0 Å². The van der Waals surface area contributed by atoms with Crippen LogP contribution in [0.2, 0.25) is 0 Å². The summed E-state index contributed by atoms with van der Waals surface area (Å²) in [4.78, 5) is 2.49. The van der Waals surface area contributed by atoms with Crippen molar-refractivity contribution in [3.05, 3.63) is 223 Å². The fourth-order valence-corrected chi connectivity index (χ4v) is 11.0. The SMILES string of the molecule is CC1(C)c2ccccc2-c2ccc(N(c3ccc(-c4ccc(-c5ccccc5)cc4)cc3)c3cc4ccc5cccc6c7cccc8ccc9cccc(c(c3)c4c56)c9c87)cc21. The largest absolute Gasteiger partial charge is 0.310 e. The Bertz CT molecular complexity index is 3740. The summed E-state index contributed by atoms with van der Waals surface area (Å²) in [7, 11) is 0. The van der Waals surface area contributed by atoms with Crippen molar-refractivity contribution in [2.45, 2.75) is 19.3 Å². The zero-order valence-corrected chi connectivity index (χ0v) is 34.7. The molecule has 12 aromatic carbocycles. The van der Waals surface area contributed by atoms with Gasteiger partial charge in [-0.25, -0.2) is 0 Å². The first-order valence-electron chi connectivity index (χ1n) is 21.7. The summed E-state index contributed by atoms with van der Waals surface area (Å²) in [6.45, 7) is 4.75. The Morgan fingerprint density at radius 3 is 1.37 bits per heavy atom. The molecule has 0 aromatic heterocycles. The van der Waals surface area contributed by atoms with Crippen molar-refractivity contribution in [1.29, 1.82) is 0 Å². The van der Waals surface area contributed by atoms with Crippen LogP contribution in [0.4, 0.5) is 17.1 Å². The Hall–Kier alpha value is -7.74. The number of hydrogen-bond acceptors (Lipinski definition) is 1. The quantitative estimate of drug-likeness (QED) is 0.157. The molecule has 1 aliphatic carbocycles. The number of benzene rings is 11. The summed E-state index contributed by atoms with van der Waals surface area (Å²) in [5, 5.41) is 15.4. The third-order valence-corrected chi connectivity index (χ3v) is 13.9. The molecule has 0 heterocycles. The maximum atomic E-state index is 2.49. The van der Waals surface area contributed by atoms with Gasteiger partial charge >= 0.3 is 0 Å². The summed E-state index contributed by atoms with van der Waals surface area (Å²) in [5.74, 6) is 0. The molecule has 13 rings (SSSR count). The van der Waals surface area contributed by atoms with Crippen molar-refractivity contribution in [2.75, 3.05) is 4.90 Å². The fourth-order valence-electron chi connectivity index (χ4n) is 11.0. The number of anilines is 3. The third-order valence-electron chi connectivity index (χ3n) is 13.9. The average molecular weight is 788 g/mol. The summed E-state index contributed by atoms with van der Waals surface area (Å²) in [6, 6.07) is 79.4. The van der Waals surface area contributed by atoms with E-state index in [0.717, 1.165) is 17.1 Å².